The molecule has 4 heteroatoms. The van der Waals surface area contributed by atoms with Gasteiger partial charge in [-0.1, -0.05) is 0 Å². The average molecular weight is 275 g/mol. The van der Waals surface area contributed by atoms with Crippen LogP contribution in [0.1, 0.15) is 17.5 Å². The summed E-state index contributed by atoms with van der Waals surface area (Å²) in [5.41, 5.74) is 10.4. The van der Waals surface area contributed by atoms with Gasteiger partial charge in [-0.2, -0.15) is 0 Å². The van der Waals surface area contributed by atoms with Crippen LogP contribution in [0.5, 0.6) is 5.75 Å². The van der Waals surface area contributed by atoms with Crippen molar-refractivity contribution in [3.05, 3.63) is 23.3 Å². The van der Waals surface area contributed by atoms with Crippen LogP contribution in [0.25, 0.3) is 0 Å². The summed E-state index contributed by atoms with van der Waals surface area (Å²) in [5, 5.41) is 0. The number of methoxy groups -OCH3 is 1. The van der Waals surface area contributed by atoms with Crippen molar-refractivity contribution >= 4 is 5.69 Å². The summed E-state index contributed by atoms with van der Waals surface area (Å²) >= 11 is 0. The molecular weight excluding hydrogens is 250 g/mol. The molecular formula is C16H25N3O. The SMILES string of the molecule is COc1ccc(N2CCN(C)CC2)c2c1CC[C@H](N)C2. The number of hydrogen-bond acceptors (Lipinski definition) is 4. The Kier molecular flexibility index (Phi) is 3.85. The van der Waals surface area contributed by atoms with E-state index in [0.717, 1.165) is 51.2 Å². The molecule has 0 spiro atoms. The first-order chi connectivity index (χ1) is 9.69. The minimum atomic E-state index is 0.292. The van der Waals surface area contributed by atoms with Crippen LogP contribution < -0.4 is 15.4 Å². The summed E-state index contributed by atoms with van der Waals surface area (Å²) in [6.07, 6.45) is 3.09. The van der Waals surface area contributed by atoms with Gasteiger partial charge >= 0.3 is 0 Å². The van der Waals surface area contributed by atoms with Crippen LogP contribution in [0.4, 0.5) is 5.69 Å². The Labute approximate surface area is 121 Å². The standard InChI is InChI=1S/C16H25N3O/c1-18-7-9-19(10-8-18)15-5-6-16(20-2)13-4-3-12(17)11-14(13)15/h5-6,12H,3-4,7-11,17H2,1-2H3/t12-/m0/s1. The molecule has 0 aromatic heterocycles. The molecule has 1 heterocycles. The van der Waals surface area contributed by atoms with E-state index in [9.17, 15) is 0 Å². The quantitative estimate of drug-likeness (QED) is 0.882. The monoisotopic (exact) mass is 275 g/mol. The fourth-order valence-corrected chi connectivity index (χ4v) is 3.39. The van der Waals surface area contributed by atoms with Crippen LogP contribution in [-0.2, 0) is 12.8 Å². The van der Waals surface area contributed by atoms with Crippen LogP contribution in [0, 0.1) is 0 Å². The zero-order valence-corrected chi connectivity index (χ0v) is 12.6. The Balaban J connectivity index is 1.95. The largest absolute Gasteiger partial charge is 0.496 e. The van der Waals surface area contributed by atoms with Crippen molar-refractivity contribution < 1.29 is 4.74 Å². The van der Waals surface area contributed by atoms with Gasteiger partial charge in [-0.25, -0.2) is 0 Å². The van der Waals surface area contributed by atoms with E-state index in [1.807, 2.05) is 0 Å². The summed E-state index contributed by atoms with van der Waals surface area (Å²) in [7, 11) is 3.95. The molecule has 0 bridgehead atoms. The van der Waals surface area contributed by atoms with E-state index in [1.54, 1.807) is 7.11 Å². The molecule has 1 aromatic carbocycles. The number of benzene rings is 1. The summed E-state index contributed by atoms with van der Waals surface area (Å²) < 4.78 is 5.54. The zero-order chi connectivity index (χ0) is 14.1. The summed E-state index contributed by atoms with van der Waals surface area (Å²) in [5.74, 6) is 1.03. The third kappa shape index (κ3) is 2.50. The van der Waals surface area contributed by atoms with Gasteiger partial charge in [0.15, 0.2) is 0 Å². The lowest BCUT2D eigenvalue weighted by atomic mass is 9.86. The molecule has 1 saturated heterocycles. The first kappa shape index (κ1) is 13.7. The highest BCUT2D eigenvalue weighted by Crippen LogP contribution is 2.36. The third-order valence-electron chi connectivity index (χ3n) is 4.66. The minimum Gasteiger partial charge on any atom is -0.496 e. The fourth-order valence-electron chi connectivity index (χ4n) is 3.39. The van der Waals surface area contributed by atoms with Gasteiger partial charge in [-0.05, 0) is 49.6 Å². The lowest BCUT2D eigenvalue weighted by Gasteiger charge is -2.37. The lowest BCUT2D eigenvalue weighted by Crippen LogP contribution is -2.45. The van der Waals surface area contributed by atoms with E-state index in [2.05, 4.69) is 29.0 Å². The molecule has 0 saturated carbocycles. The normalized spacial score (nSPS) is 23.6. The molecule has 1 aliphatic carbocycles. The van der Waals surface area contributed by atoms with Crippen LogP contribution in [0.3, 0.4) is 0 Å². The van der Waals surface area contributed by atoms with Crippen molar-refractivity contribution in [2.45, 2.75) is 25.3 Å². The highest BCUT2D eigenvalue weighted by Gasteiger charge is 2.25. The number of piperazine rings is 1. The number of ether oxygens (including phenoxy) is 1. The third-order valence-corrected chi connectivity index (χ3v) is 4.66. The molecule has 1 atom stereocenters. The molecule has 2 aliphatic rings. The smallest absolute Gasteiger partial charge is 0.122 e. The Hall–Kier alpha value is -1.26. The van der Waals surface area contributed by atoms with Crippen LogP contribution in [0.2, 0.25) is 0 Å². The van der Waals surface area contributed by atoms with E-state index in [-0.39, 0.29) is 0 Å². The van der Waals surface area contributed by atoms with Crippen LogP contribution >= 0.6 is 0 Å². The molecule has 0 radical (unpaired) electrons. The van der Waals surface area contributed by atoms with Crippen molar-refractivity contribution in [1.82, 2.24) is 4.90 Å². The van der Waals surface area contributed by atoms with Crippen molar-refractivity contribution in [3.63, 3.8) is 0 Å². The molecule has 0 amide bonds. The van der Waals surface area contributed by atoms with E-state index < -0.39 is 0 Å². The molecule has 20 heavy (non-hydrogen) atoms. The van der Waals surface area contributed by atoms with Crippen molar-refractivity contribution in [2.24, 2.45) is 5.73 Å². The number of fused-ring (bicyclic) bond motifs is 1. The average Bonchev–Trinajstić information content (AvgIpc) is 2.47. The maximum atomic E-state index is 6.19. The minimum absolute atomic E-state index is 0.292. The van der Waals surface area contributed by atoms with E-state index >= 15 is 0 Å². The second kappa shape index (κ2) is 5.62. The molecule has 0 unspecified atom stereocenters. The molecule has 1 aromatic rings. The molecule has 110 valence electrons. The number of nitrogens with two attached hydrogens (primary N) is 1. The maximum Gasteiger partial charge on any atom is 0.122 e. The number of rotatable bonds is 2. The number of likely N-dealkylation sites (N-methyl/N-ethyl adjacent to an activating group) is 1. The number of hydrogen-bond donors (Lipinski definition) is 1. The highest BCUT2D eigenvalue weighted by molar-refractivity contribution is 5.62. The van der Waals surface area contributed by atoms with Gasteiger partial charge in [0.25, 0.3) is 0 Å². The van der Waals surface area contributed by atoms with Gasteiger partial charge < -0.3 is 20.3 Å². The van der Waals surface area contributed by atoms with Gasteiger partial charge in [-0.15, -0.1) is 0 Å². The molecule has 1 fully saturated rings. The van der Waals surface area contributed by atoms with E-state index in [4.69, 9.17) is 10.5 Å². The lowest BCUT2D eigenvalue weighted by molar-refractivity contribution is 0.312. The van der Waals surface area contributed by atoms with Gasteiger partial charge in [0.05, 0.1) is 7.11 Å². The van der Waals surface area contributed by atoms with Crippen molar-refractivity contribution in [3.8, 4) is 5.75 Å². The number of nitrogens with zero attached hydrogens (tertiary/aromatic N) is 2. The van der Waals surface area contributed by atoms with Crippen LogP contribution in [-0.4, -0.2) is 51.3 Å². The van der Waals surface area contributed by atoms with Gasteiger partial charge in [0.2, 0.25) is 0 Å². The first-order valence-corrected chi connectivity index (χ1v) is 7.57. The van der Waals surface area contributed by atoms with Gasteiger partial charge in [0.1, 0.15) is 5.75 Å². The van der Waals surface area contributed by atoms with E-state index in [1.165, 1.54) is 16.8 Å². The van der Waals surface area contributed by atoms with Crippen molar-refractivity contribution in [1.29, 1.82) is 0 Å². The van der Waals surface area contributed by atoms with Gasteiger partial charge in [-0.3, -0.25) is 0 Å². The highest BCUT2D eigenvalue weighted by atomic mass is 16.5. The first-order valence-electron chi connectivity index (χ1n) is 7.57. The predicted molar refractivity (Wildman–Crippen MR) is 82.7 cm³/mol. The molecule has 1 aliphatic heterocycles. The van der Waals surface area contributed by atoms with E-state index in [0.29, 0.717) is 6.04 Å². The maximum absolute atomic E-state index is 6.19. The number of anilines is 1. The molecule has 3 rings (SSSR count). The predicted octanol–water partition coefficient (Wildman–Crippen LogP) is 1.26. The Bertz CT molecular complexity index is 481. The summed E-state index contributed by atoms with van der Waals surface area (Å²) in [4.78, 5) is 4.90. The zero-order valence-electron chi connectivity index (χ0n) is 12.6. The topological polar surface area (TPSA) is 41.7 Å². The van der Waals surface area contributed by atoms with Crippen LogP contribution in [0.15, 0.2) is 12.1 Å². The molecule has 4 nitrogen and oxygen atoms in total. The summed E-state index contributed by atoms with van der Waals surface area (Å²) in [6, 6.07) is 4.64. The van der Waals surface area contributed by atoms with Crippen molar-refractivity contribution in [2.75, 3.05) is 45.2 Å². The second-order valence-corrected chi connectivity index (χ2v) is 6.04. The second-order valence-electron chi connectivity index (χ2n) is 6.04. The van der Waals surface area contributed by atoms with Gasteiger partial charge in [0, 0.05) is 37.9 Å². The fraction of sp³-hybridized carbons (Fsp3) is 0.625. The Morgan fingerprint density at radius 1 is 1.15 bits per heavy atom. The molecule has 2 N–H and O–H groups in total. The Morgan fingerprint density at radius 2 is 1.90 bits per heavy atom. The Morgan fingerprint density at radius 3 is 2.60 bits per heavy atom. The summed E-state index contributed by atoms with van der Waals surface area (Å²) in [6.45, 7) is 4.47.